The van der Waals surface area contributed by atoms with E-state index in [0.29, 0.717) is 6.54 Å². The van der Waals surface area contributed by atoms with E-state index in [2.05, 4.69) is 46.2 Å². The standard InChI is InChI=1S/C12H14BrN3/c1-8-3-4-11(5-12(8)13)16-9(2)10(6-14)7-15-16/h3-5,7H,6,14H2,1-2H3. The van der Waals surface area contributed by atoms with Crippen LogP contribution >= 0.6 is 15.9 Å². The highest BCUT2D eigenvalue weighted by Crippen LogP contribution is 2.21. The number of hydrogen-bond donors (Lipinski definition) is 1. The lowest BCUT2D eigenvalue weighted by atomic mass is 10.2. The summed E-state index contributed by atoms with van der Waals surface area (Å²) in [5, 5.41) is 4.34. The van der Waals surface area contributed by atoms with Crippen LogP contribution in [0.1, 0.15) is 16.8 Å². The van der Waals surface area contributed by atoms with E-state index in [1.54, 1.807) is 0 Å². The van der Waals surface area contributed by atoms with Gasteiger partial charge in [0, 0.05) is 22.3 Å². The number of aromatic nitrogens is 2. The van der Waals surface area contributed by atoms with Gasteiger partial charge < -0.3 is 5.73 Å². The Morgan fingerprint density at radius 3 is 2.69 bits per heavy atom. The number of aryl methyl sites for hydroxylation is 1. The Kier molecular flexibility index (Phi) is 3.12. The summed E-state index contributed by atoms with van der Waals surface area (Å²) in [5.74, 6) is 0. The summed E-state index contributed by atoms with van der Waals surface area (Å²) in [6.07, 6.45) is 1.82. The van der Waals surface area contributed by atoms with Crippen LogP contribution in [-0.2, 0) is 6.54 Å². The molecular formula is C12H14BrN3. The largest absolute Gasteiger partial charge is 0.326 e. The monoisotopic (exact) mass is 279 g/mol. The van der Waals surface area contributed by atoms with E-state index in [0.717, 1.165) is 21.4 Å². The third kappa shape index (κ3) is 1.90. The molecule has 84 valence electrons. The van der Waals surface area contributed by atoms with E-state index in [9.17, 15) is 0 Å². The average molecular weight is 280 g/mol. The quantitative estimate of drug-likeness (QED) is 0.919. The molecule has 1 heterocycles. The van der Waals surface area contributed by atoms with Crippen LogP contribution in [0.4, 0.5) is 0 Å². The minimum atomic E-state index is 0.527. The second-order valence-corrected chi connectivity index (χ2v) is 4.66. The lowest BCUT2D eigenvalue weighted by Crippen LogP contribution is -2.02. The van der Waals surface area contributed by atoms with Gasteiger partial charge in [-0.2, -0.15) is 5.10 Å². The van der Waals surface area contributed by atoms with Crippen LogP contribution in [0.2, 0.25) is 0 Å². The van der Waals surface area contributed by atoms with Crippen LogP contribution in [-0.4, -0.2) is 9.78 Å². The number of hydrogen-bond acceptors (Lipinski definition) is 2. The molecule has 4 heteroatoms. The second-order valence-electron chi connectivity index (χ2n) is 3.80. The van der Waals surface area contributed by atoms with Gasteiger partial charge in [0.15, 0.2) is 0 Å². The van der Waals surface area contributed by atoms with Crippen molar-refractivity contribution in [1.82, 2.24) is 9.78 Å². The Balaban J connectivity index is 2.50. The number of nitrogens with zero attached hydrogens (tertiary/aromatic N) is 2. The summed E-state index contributed by atoms with van der Waals surface area (Å²) in [7, 11) is 0. The van der Waals surface area contributed by atoms with Gasteiger partial charge in [-0.25, -0.2) is 4.68 Å². The topological polar surface area (TPSA) is 43.8 Å². The SMILES string of the molecule is Cc1ccc(-n2ncc(CN)c2C)cc1Br. The van der Waals surface area contributed by atoms with Crippen molar-refractivity contribution in [3.05, 3.63) is 45.7 Å². The molecule has 1 aromatic heterocycles. The van der Waals surface area contributed by atoms with Crippen LogP contribution in [0.5, 0.6) is 0 Å². The van der Waals surface area contributed by atoms with Gasteiger partial charge in [-0.3, -0.25) is 0 Å². The number of halogens is 1. The van der Waals surface area contributed by atoms with E-state index in [4.69, 9.17) is 5.73 Å². The average Bonchev–Trinajstić information content (AvgIpc) is 2.64. The van der Waals surface area contributed by atoms with Gasteiger partial charge in [0.25, 0.3) is 0 Å². The molecule has 2 aromatic rings. The van der Waals surface area contributed by atoms with Crippen molar-refractivity contribution in [3.63, 3.8) is 0 Å². The molecule has 0 fully saturated rings. The van der Waals surface area contributed by atoms with Gasteiger partial charge in [0.1, 0.15) is 0 Å². The number of nitrogens with two attached hydrogens (primary N) is 1. The molecule has 1 aromatic carbocycles. The summed E-state index contributed by atoms with van der Waals surface area (Å²) in [5.41, 5.74) is 10.1. The van der Waals surface area contributed by atoms with Crippen LogP contribution in [0, 0.1) is 13.8 Å². The molecule has 0 spiro atoms. The fourth-order valence-electron chi connectivity index (χ4n) is 1.62. The zero-order chi connectivity index (χ0) is 11.7. The van der Waals surface area contributed by atoms with E-state index >= 15 is 0 Å². The lowest BCUT2D eigenvalue weighted by Gasteiger charge is -2.07. The first-order valence-electron chi connectivity index (χ1n) is 5.13. The van der Waals surface area contributed by atoms with E-state index in [-0.39, 0.29) is 0 Å². The maximum atomic E-state index is 5.63. The highest BCUT2D eigenvalue weighted by Gasteiger charge is 2.07. The number of rotatable bonds is 2. The molecule has 0 saturated carbocycles. The molecule has 2 N–H and O–H groups in total. The van der Waals surface area contributed by atoms with Crippen molar-refractivity contribution in [3.8, 4) is 5.69 Å². The first-order valence-corrected chi connectivity index (χ1v) is 5.93. The van der Waals surface area contributed by atoms with E-state index < -0.39 is 0 Å². The normalized spacial score (nSPS) is 10.8. The highest BCUT2D eigenvalue weighted by molar-refractivity contribution is 9.10. The van der Waals surface area contributed by atoms with Gasteiger partial charge in [-0.1, -0.05) is 22.0 Å². The summed E-state index contributed by atoms with van der Waals surface area (Å²) >= 11 is 3.53. The summed E-state index contributed by atoms with van der Waals surface area (Å²) in [6, 6.07) is 6.19. The van der Waals surface area contributed by atoms with Crippen molar-refractivity contribution < 1.29 is 0 Å². The Morgan fingerprint density at radius 2 is 2.12 bits per heavy atom. The highest BCUT2D eigenvalue weighted by atomic mass is 79.9. The van der Waals surface area contributed by atoms with Crippen LogP contribution in [0.3, 0.4) is 0 Å². The summed E-state index contributed by atoms with van der Waals surface area (Å²) < 4.78 is 3.00. The Hall–Kier alpha value is -1.13. The van der Waals surface area contributed by atoms with Crippen LogP contribution < -0.4 is 5.73 Å². The Bertz CT molecular complexity index is 517. The van der Waals surface area contributed by atoms with E-state index in [1.807, 2.05) is 17.8 Å². The van der Waals surface area contributed by atoms with Gasteiger partial charge >= 0.3 is 0 Å². The zero-order valence-electron chi connectivity index (χ0n) is 9.37. The molecule has 0 saturated heterocycles. The Morgan fingerprint density at radius 1 is 1.38 bits per heavy atom. The predicted octanol–water partition coefficient (Wildman–Crippen LogP) is 2.71. The van der Waals surface area contributed by atoms with Gasteiger partial charge in [0.05, 0.1) is 11.9 Å². The molecular weight excluding hydrogens is 266 g/mol. The first kappa shape index (κ1) is 11.4. The third-order valence-electron chi connectivity index (χ3n) is 2.73. The fraction of sp³-hybridized carbons (Fsp3) is 0.250. The molecule has 0 aliphatic rings. The van der Waals surface area contributed by atoms with Crippen molar-refractivity contribution in [2.75, 3.05) is 0 Å². The maximum Gasteiger partial charge on any atom is 0.0660 e. The second kappa shape index (κ2) is 4.39. The molecule has 2 rings (SSSR count). The van der Waals surface area contributed by atoms with Crippen LogP contribution in [0.15, 0.2) is 28.9 Å². The maximum absolute atomic E-state index is 5.63. The molecule has 0 radical (unpaired) electrons. The molecule has 0 aliphatic carbocycles. The van der Waals surface area contributed by atoms with Gasteiger partial charge in [-0.15, -0.1) is 0 Å². The summed E-state index contributed by atoms with van der Waals surface area (Å²) in [4.78, 5) is 0. The zero-order valence-corrected chi connectivity index (χ0v) is 11.0. The molecule has 0 unspecified atom stereocenters. The van der Waals surface area contributed by atoms with E-state index in [1.165, 1.54) is 5.56 Å². The van der Waals surface area contributed by atoms with Crippen molar-refractivity contribution >= 4 is 15.9 Å². The van der Waals surface area contributed by atoms with Gasteiger partial charge in [0.2, 0.25) is 0 Å². The van der Waals surface area contributed by atoms with Crippen LogP contribution in [0.25, 0.3) is 5.69 Å². The molecule has 0 atom stereocenters. The van der Waals surface area contributed by atoms with Crippen molar-refractivity contribution in [2.24, 2.45) is 5.73 Å². The Labute approximate surface area is 103 Å². The predicted molar refractivity (Wildman–Crippen MR) is 68.6 cm³/mol. The summed E-state index contributed by atoms with van der Waals surface area (Å²) in [6.45, 7) is 4.62. The fourth-order valence-corrected chi connectivity index (χ4v) is 1.98. The first-order chi connectivity index (χ1) is 7.63. The smallest absolute Gasteiger partial charge is 0.0660 e. The number of benzene rings is 1. The lowest BCUT2D eigenvalue weighted by molar-refractivity contribution is 0.842. The molecule has 0 amide bonds. The third-order valence-corrected chi connectivity index (χ3v) is 3.59. The van der Waals surface area contributed by atoms with Crippen molar-refractivity contribution in [2.45, 2.75) is 20.4 Å². The minimum Gasteiger partial charge on any atom is -0.326 e. The molecule has 16 heavy (non-hydrogen) atoms. The van der Waals surface area contributed by atoms with Crippen molar-refractivity contribution in [1.29, 1.82) is 0 Å². The molecule has 3 nitrogen and oxygen atoms in total. The minimum absolute atomic E-state index is 0.527. The molecule has 0 bridgehead atoms. The molecule has 0 aliphatic heterocycles. The van der Waals surface area contributed by atoms with Gasteiger partial charge in [-0.05, 0) is 31.5 Å².